The minimum atomic E-state index is -6.82. The number of hydrogen-bond donors (Lipinski definition) is 4. The summed E-state index contributed by atoms with van der Waals surface area (Å²) in [6.07, 6.45) is -2.67. The van der Waals surface area contributed by atoms with Crippen molar-refractivity contribution < 1.29 is 106 Å². The molecule has 4 heterocycles. The molecule has 6 rings (SSSR count). The Bertz CT molecular complexity index is 3690. The van der Waals surface area contributed by atoms with Crippen LogP contribution in [0, 0.1) is 24.0 Å². The third-order valence-corrected chi connectivity index (χ3v) is 20.4. The molecule has 81 heavy (non-hydrogen) atoms. The Kier molecular flexibility index (Phi) is 20.7. The second-order valence-electron chi connectivity index (χ2n) is 15.7. The summed E-state index contributed by atoms with van der Waals surface area (Å²) in [6.45, 7) is 1.20. The smallest absolute Gasteiger partial charge is 0.454 e. The van der Waals surface area contributed by atoms with Crippen LogP contribution >= 0.6 is 45.3 Å². The SMILES string of the molecule is [BH3-]P(=O)(OC[C@H]1O[C@@H](n2cc(C)c(=O)[nH]c2=O)C[C@H]1N=[N+]=[N-])OP(=O)([O-])C(F)(F)P(=O)(O)Oc1ccc([N+](=O)[O-])cc1.[BH3-]P(=O)(OC[C@H]1O[C@@H](n2cc(C)c(=O)[nH]c2=O)C[C@H]1N=[N+]=[N-])OP(=O)([O-])C(F)(F)P(=O)(O)Oc1ccccc1. The summed E-state index contributed by atoms with van der Waals surface area (Å²) in [6, 6.07) is 6.71. The first kappa shape index (κ1) is 66.1. The van der Waals surface area contributed by atoms with E-state index in [9.17, 15) is 93.8 Å². The summed E-state index contributed by atoms with van der Waals surface area (Å²) in [5.74, 6) is -1.35. The van der Waals surface area contributed by atoms with E-state index >= 15 is 0 Å². The molecule has 12 atom stereocenters. The summed E-state index contributed by atoms with van der Waals surface area (Å²) in [5, 5.41) is 6.49. The van der Waals surface area contributed by atoms with Crippen LogP contribution in [0.15, 0.2) is 96.4 Å². The number of non-ortho nitro benzene ring substituents is 1. The molecule has 2 aliphatic heterocycles. The molecule has 0 amide bonds. The zero-order chi connectivity index (χ0) is 60.9. The number of para-hydroxylation sites is 1. The Morgan fingerprint density at radius 3 is 1.41 bits per heavy atom. The second kappa shape index (κ2) is 25.4. The van der Waals surface area contributed by atoms with Crippen molar-refractivity contribution >= 4 is 66.2 Å². The van der Waals surface area contributed by atoms with Gasteiger partial charge in [0.25, 0.3) is 16.8 Å². The zero-order valence-electron chi connectivity index (χ0n) is 39.2. The van der Waals surface area contributed by atoms with Crippen molar-refractivity contribution in [3.63, 3.8) is 0 Å². The minimum absolute atomic E-state index is 0.117. The van der Waals surface area contributed by atoms with E-state index in [0.717, 1.165) is 39.6 Å². The lowest BCUT2D eigenvalue weighted by atomic mass is 10.1. The highest BCUT2D eigenvalue weighted by Crippen LogP contribution is 2.78. The highest BCUT2D eigenvalue weighted by atomic mass is 31.3. The lowest BCUT2D eigenvalue weighted by Crippen LogP contribution is -2.33. The number of ether oxygens (including phenoxy) is 2. The van der Waals surface area contributed by atoms with Gasteiger partial charge in [0, 0.05) is 58.3 Å². The number of nitro benzene ring substituents is 1. The van der Waals surface area contributed by atoms with Crippen LogP contribution in [0.1, 0.15) is 36.4 Å². The third-order valence-electron chi connectivity index (χ3n) is 10.3. The molecule has 2 saturated heterocycles. The van der Waals surface area contributed by atoms with Crippen LogP contribution in [0.25, 0.3) is 20.9 Å². The normalized spacial score (nSPS) is 23.6. The number of benzene rings is 2. The first-order chi connectivity index (χ1) is 37.3. The predicted octanol–water partition coefficient (Wildman–Crippen LogP) is 3.28. The Labute approximate surface area is 449 Å². The summed E-state index contributed by atoms with van der Waals surface area (Å²) < 4.78 is 173. The number of nitrogens with one attached hydrogen (secondary N) is 2. The fourth-order valence-electron chi connectivity index (χ4n) is 6.45. The molecule has 35 nitrogen and oxygen atoms in total. The van der Waals surface area contributed by atoms with Gasteiger partial charge in [-0.15, -0.1) is 0 Å². The number of rotatable bonds is 23. The van der Waals surface area contributed by atoms with Gasteiger partial charge in [0.2, 0.25) is 15.2 Å². The number of halogens is 4. The maximum absolute atomic E-state index is 14.7. The Morgan fingerprint density at radius 2 is 1.06 bits per heavy atom. The molecule has 444 valence electrons. The number of azide groups is 2. The van der Waals surface area contributed by atoms with Crippen LogP contribution in [-0.2, 0) is 54.5 Å². The topological polar surface area (TPSA) is 513 Å². The van der Waals surface area contributed by atoms with Crippen molar-refractivity contribution in [3.05, 3.63) is 151 Å². The minimum Gasteiger partial charge on any atom is -0.773 e. The maximum atomic E-state index is 14.7. The van der Waals surface area contributed by atoms with E-state index in [4.69, 9.17) is 29.6 Å². The molecule has 2 fully saturated rings. The van der Waals surface area contributed by atoms with Crippen molar-refractivity contribution in [2.45, 2.75) is 74.2 Å². The van der Waals surface area contributed by atoms with Gasteiger partial charge in [0.05, 0.1) is 57.6 Å². The maximum Gasteiger partial charge on any atom is 0.454 e. The molecule has 2 aliphatic rings. The van der Waals surface area contributed by atoms with Crippen molar-refractivity contribution in [1.82, 2.24) is 19.1 Å². The van der Waals surface area contributed by atoms with Crippen LogP contribution in [0.3, 0.4) is 0 Å². The molecular formula is C34H41B2F4N11O24P6-4. The summed E-state index contributed by atoms with van der Waals surface area (Å²) in [5.41, 5.74) is 14.4. The molecule has 0 aliphatic carbocycles. The molecular weight excluding hydrogens is 1230 g/mol. The van der Waals surface area contributed by atoms with Gasteiger partial charge >= 0.3 is 37.4 Å². The number of nitrogens with zero attached hydrogens (tertiary/aromatic N) is 9. The molecule has 4 aromatic rings. The van der Waals surface area contributed by atoms with E-state index in [2.05, 4.69) is 42.7 Å². The monoisotopic (exact) mass is 1270 g/mol. The van der Waals surface area contributed by atoms with Gasteiger partial charge in [-0.05, 0) is 49.2 Å². The van der Waals surface area contributed by atoms with Gasteiger partial charge in [0.1, 0.15) is 24.0 Å². The van der Waals surface area contributed by atoms with Crippen LogP contribution < -0.4 is 41.3 Å². The van der Waals surface area contributed by atoms with Crippen LogP contribution in [0.5, 0.6) is 11.5 Å². The predicted molar refractivity (Wildman–Crippen MR) is 270 cm³/mol. The number of alkyl halides is 4. The molecule has 0 bridgehead atoms. The van der Waals surface area contributed by atoms with Crippen molar-refractivity contribution in [2.24, 2.45) is 10.2 Å². The molecule has 4 N–H and O–H groups in total. The number of H-pyrrole nitrogens is 2. The first-order valence-electron chi connectivity index (χ1n) is 21.0. The van der Waals surface area contributed by atoms with Gasteiger partial charge < -0.3 is 65.4 Å². The zero-order valence-corrected chi connectivity index (χ0v) is 44.6. The lowest BCUT2D eigenvalue weighted by Gasteiger charge is -2.36. The summed E-state index contributed by atoms with van der Waals surface area (Å²) >= 11 is 0. The quantitative estimate of drug-likeness (QED) is 0.0121. The number of aryl methyl sites for hydroxylation is 2. The fraction of sp³-hybridized carbons (Fsp3) is 0.412. The Balaban J connectivity index is 0.000000298. The molecule has 2 aromatic heterocycles. The molecule has 47 heteroatoms. The standard InChI is InChI=1S/C17H21BF2N6O13P3.C17H22BF2N5O11P3/c1-9-7-25(16(28)22-15(9)27)14-6-12(23-24-21)13(37-14)8-36-42(18,35)39-41(33,34)17(19,20)40(31,32)38-11-4-2-10(3-5-11)26(29)30;1-10-8-25(16(27)22-15(10)26)14-7-12(23-24-21)13(34-14)9-33-39(18,32)36-38(30,31)17(19,20)37(28,29)35-11-5-3-2-4-6-11/h2-5,7,12-14H,6,8H2,1,18H3,(H,31,32)(H,33,34)(H,22,27,28);2-6,8,12-14H,7,9H2,1,18H3,(H,28,29)(H,30,31)(H,22,26,27)/q2*-1/p-2/t12-,13-,14-,42?;12-,13-,14-,39?/m11/s1. The van der Waals surface area contributed by atoms with Crippen molar-refractivity contribution in [3.8, 4) is 11.5 Å². The fourth-order valence-corrected chi connectivity index (χ4v) is 14.0. The summed E-state index contributed by atoms with van der Waals surface area (Å²) in [7, 11) is -39.5. The van der Waals surface area contributed by atoms with E-state index in [0.29, 0.717) is 12.1 Å². The van der Waals surface area contributed by atoms with Crippen LogP contribution in [0.4, 0.5) is 23.2 Å². The number of nitro groups is 1. The number of hydrogen-bond acceptors (Lipinski definition) is 24. The number of aromatic amines is 2. The molecule has 6 unspecified atom stereocenters. The van der Waals surface area contributed by atoms with Gasteiger partial charge in [-0.3, -0.25) is 47.4 Å². The van der Waals surface area contributed by atoms with Crippen LogP contribution in [0.2, 0.25) is 0 Å². The highest BCUT2D eigenvalue weighted by Gasteiger charge is 2.64. The highest BCUT2D eigenvalue weighted by molar-refractivity contribution is 7.86. The first-order valence-corrected chi connectivity index (χ1v) is 29.5. The van der Waals surface area contributed by atoms with E-state index in [1.165, 1.54) is 38.2 Å². The van der Waals surface area contributed by atoms with Gasteiger partial charge in [-0.2, -0.15) is 17.6 Å². The van der Waals surface area contributed by atoms with Crippen molar-refractivity contribution in [1.29, 1.82) is 0 Å². The average Bonchev–Trinajstić information content (AvgIpc) is 3.95. The molecule has 0 radical (unpaired) electrons. The summed E-state index contributed by atoms with van der Waals surface area (Å²) in [4.78, 5) is 111. The van der Waals surface area contributed by atoms with E-state index < -0.39 is 166 Å². The van der Waals surface area contributed by atoms with E-state index in [1.807, 2.05) is 4.98 Å². The Morgan fingerprint density at radius 1 is 0.704 bits per heavy atom. The largest absolute Gasteiger partial charge is 0.773 e. The van der Waals surface area contributed by atoms with E-state index in [1.54, 1.807) is 0 Å². The van der Waals surface area contributed by atoms with Gasteiger partial charge in [-0.25, -0.2) is 18.7 Å². The number of aromatic nitrogens is 4. The second-order valence-corrected chi connectivity index (χ2v) is 25.8. The average molecular weight is 1270 g/mol. The van der Waals surface area contributed by atoms with Gasteiger partial charge in [-0.1, -0.05) is 28.4 Å². The van der Waals surface area contributed by atoms with E-state index in [-0.39, 0.29) is 24.0 Å². The van der Waals surface area contributed by atoms with Crippen LogP contribution in [-0.4, -0.2) is 97.3 Å². The van der Waals surface area contributed by atoms with Crippen molar-refractivity contribution in [2.75, 3.05) is 13.2 Å². The Hall–Kier alpha value is -5.75. The molecule has 0 saturated carbocycles. The lowest BCUT2D eigenvalue weighted by molar-refractivity contribution is -0.384. The van der Waals surface area contributed by atoms with Gasteiger partial charge in [0.15, 0.2) is 14.9 Å². The third kappa shape index (κ3) is 15.9. The molecule has 0 spiro atoms. The molecule has 2 aromatic carbocycles.